The van der Waals surface area contributed by atoms with Gasteiger partial charge >= 0.3 is 12.3 Å². The van der Waals surface area contributed by atoms with E-state index in [1.54, 1.807) is 39.0 Å². The minimum Gasteiger partial charge on any atom is -0.456 e. The maximum absolute atomic E-state index is 12.6. The van der Waals surface area contributed by atoms with Crippen LogP contribution in [0.1, 0.15) is 26.3 Å². The molecule has 0 spiro atoms. The number of amides is 1. The maximum atomic E-state index is 12.6. The molecule has 0 aliphatic rings. The second-order valence-electron chi connectivity index (χ2n) is 6.40. The molecular formula is C18H17BrF3NO3. The van der Waals surface area contributed by atoms with Gasteiger partial charge in [-0.15, -0.1) is 0 Å². The largest absolute Gasteiger partial charge is 0.456 e. The molecule has 1 amide bonds. The summed E-state index contributed by atoms with van der Waals surface area (Å²) >= 11 is 3.31. The lowest BCUT2D eigenvalue weighted by Crippen LogP contribution is -2.27. The summed E-state index contributed by atoms with van der Waals surface area (Å²) in [6, 6.07) is 9.14. The summed E-state index contributed by atoms with van der Waals surface area (Å²) in [7, 11) is 0. The highest BCUT2D eigenvalue weighted by Crippen LogP contribution is 2.34. The lowest BCUT2D eigenvalue weighted by molar-refractivity contribution is -0.137. The van der Waals surface area contributed by atoms with Crippen molar-refractivity contribution in [2.45, 2.75) is 32.5 Å². The summed E-state index contributed by atoms with van der Waals surface area (Å²) in [5, 5.41) is 2.58. The van der Waals surface area contributed by atoms with E-state index in [1.165, 1.54) is 12.1 Å². The SMILES string of the molecule is CC(C)(C)OC(=O)Nc1ccc(Oc2ccc(C(F)(F)F)cc2)c(Br)c1. The van der Waals surface area contributed by atoms with Crippen molar-refractivity contribution in [3.63, 3.8) is 0 Å². The molecule has 0 heterocycles. The highest BCUT2D eigenvalue weighted by Gasteiger charge is 2.30. The Kier molecular flexibility index (Phi) is 5.85. The molecule has 0 bridgehead atoms. The van der Waals surface area contributed by atoms with Crippen LogP contribution in [-0.2, 0) is 10.9 Å². The van der Waals surface area contributed by atoms with Crippen molar-refractivity contribution >= 4 is 27.7 Å². The van der Waals surface area contributed by atoms with E-state index < -0.39 is 23.4 Å². The standard InChI is InChI=1S/C18H17BrF3NO3/c1-17(2,3)26-16(24)23-12-6-9-15(14(19)10-12)25-13-7-4-11(5-8-13)18(20,21)22/h4-10H,1-3H3,(H,23,24). The molecule has 1 N–H and O–H groups in total. The fraction of sp³-hybridized carbons (Fsp3) is 0.278. The van der Waals surface area contributed by atoms with Crippen LogP contribution in [0.15, 0.2) is 46.9 Å². The number of alkyl halides is 3. The van der Waals surface area contributed by atoms with Crippen molar-refractivity contribution in [1.82, 2.24) is 0 Å². The maximum Gasteiger partial charge on any atom is 0.416 e. The average Bonchev–Trinajstić information content (AvgIpc) is 2.47. The van der Waals surface area contributed by atoms with Crippen LogP contribution in [0.2, 0.25) is 0 Å². The number of hydrogen-bond acceptors (Lipinski definition) is 3. The predicted octanol–water partition coefficient (Wildman–Crippen LogP) is 6.61. The van der Waals surface area contributed by atoms with Gasteiger partial charge in [0.2, 0.25) is 0 Å². The van der Waals surface area contributed by atoms with E-state index in [-0.39, 0.29) is 5.75 Å². The van der Waals surface area contributed by atoms with Crippen LogP contribution in [0.25, 0.3) is 0 Å². The smallest absolute Gasteiger partial charge is 0.416 e. The van der Waals surface area contributed by atoms with Crippen LogP contribution in [0.4, 0.5) is 23.7 Å². The van der Waals surface area contributed by atoms with Gasteiger partial charge < -0.3 is 9.47 Å². The molecule has 0 saturated heterocycles. The Balaban J connectivity index is 2.06. The van der Waals surface area contributed by atoms with Crippen molar-refractivity contribution in [3.8, 4) is 11.5 Å². The van der Waals surface area contributed by atoms with Crippen LogP contribution < -0.4 is 10.1 Å². The number of carbonyl (C=O) groups excluding carboxylic acids is 1. The summed E-state index contributed by atoms with van der Waals surface area (Å²) in [4.78, 5) is 11.8. The van der Waals surface area contributed by atoms with Crippen LogP contribution in [0.5, 0.6) is 11.5 Å². The molecule has 0 saturated carbocycles. The summed E-state index contributed by atoms with van der Waals surface area (Å²) < 4.78 is 48.9. The quantitative estimate of drug-likeness (QED) is 0.594. The molecule has 0 aliphatic carbocycles. The fourth-order valence-electron chi connectivity index (χ4n) is 1.92. The second-order valence-corrected chi connectivity index (χ2v) is 7.25. The van der Waals surface area contributed by atoms with E-state index in [0.717, 1.165) is 12.1 Å². The molecule has 0 atom stereocenters. The Hall–Kier alpha value is -2.22. The summed E-state index contributed by atoms with van der Waals surface area (Å²) in [5.74, 6) is 0.644. The lowest BCUT2D eigenvalue weighted by atomic mass is 10.2. The third-order valence-electron chi connectivity index (χ3n) is 2.99. The molecule has 2 aromatic rings. The number of nitrogens with one attached hydrogen (secondary N) is 1. The zero-order valence-electron chi connectivity index (χ0n) is 14.3. The van der Waals surface area contributed by atoms with Gasteiger partial charge in [0.1, 0.15) is 17.1 Å². The first-order valence-corrected chi connectivity index (χ1v) is 8.38. The van der Waals surface area contributed by atoms with Crippen molar-refractivity contribution in [2.75, 3.05) is 5.32 Å². The van der Waals surface area contributed by atoms with Crippen LogP contribution in [-0.4, -0.2) is 11.7 Å². The first kappa shape index (κ1) is 20.1. The number of halogens is 4. The predicted molar refractivity (Wildman–Crippen MR) is 95.5 cm³/mol. The van der Waals surface area contributed by atoms with E-state index in [9.17, 15) is 18.0 Å². The number of rotatable bonds is 3. The number of benzene rings is 2. The molecule has 2 aromatic carbocycles. The number of ether oxygens (including phenoxy) is 2. The van der Waals surface area contributed by atoms with Gasteiger partial charge in [-0.25, -0.2) is 4.79 Å². The Labute approximate surface area is 157 Å². The zero-order chi connectivity index (χ0) is 19.5. The van der Waals surface area contributed by atoms with E-state index in [1.807, 2.05) is 0 Å². The molecule has 4 nitrogen and oxygen atoms in total. The first-order chi connectivity index (χ1) is 11.9. The summed E-state index contributed by atoms with van der Waals surface area (Å²) in [6.45, 7) is 5.26. The minimum atomic E-state index is -4.39. The van der Waals surface area contributed by atoms with Gasteiger partial charge in [0.05, 0.1) is 10.0 Å². The molecule has 0 fully saturated rings. The van der Waals surface area contributed by atoms with Crippen LogP contribution >= 0.6 is 15.9 Å². The summed E-state index contributed by atoms with van der Waals surface area (Å²) in [6.07, 6.45) is -4.99. The molecule has 0 radical (unpaired) electrons. The third-order valence-corrected chi connectivity index (χ3v) is 3.61. The monoisotopic (exact) mass is 431 g/mol. The Bertz CT molecular complexity index is 784. The van der Waals surface area contributed by atoms with Gasteiger partial charge in [0.25, 0.3) is 0 Å². The van der Waals surface area contributed by atoms with Crippen molar-refractivity contribution in [3.05, 3.63) is 52.5 Å². The van der Waals surface area contributed by atoms with Gasteiger partial charge in [-0.05, 0) is 79.2 Å². The number of carbonyl (C=O) groups is 1. The molecule has 0 aromatic heterocycles. The molecular weight excluding hydrogens is 415 g/mol. The molecule has 26 heavy (non-hydrogen) atoms. The minimum absolute atomic E-state index is 0.256. The van der Waals surface area contributed by atoms with Gasteiger partial charge in [-0.3, -0.25) is 5.32 Å². The Morgan fingerprint density at radius 2 is 1.65 bits per heavy atom. The van der Waals surface area contributed by atoms with Gasteiger partial charge in [-0.2, -0.15) is 13.2 Å². The lowest BCUT2D eigenvalue weighted by Gasteiger charge is -2.19. The topological polar surface area (TPSA) is 47.6 Å². The molecule has 8 heteroatoms. The van der Waals surface area contributed by atoms with E-state index in [2.05, 4.69) is 21.2 Å². The fourth-order valence-corrected chi connectivity index (χ4v) is 2.38. The summed E-state index contributed by atoms with van der Waals surface area (Å²) in [5.41, 5.74) is -0.890. The molecule has 0 unspecified atom stereocenters. The Morgan fingerprint density at radius 1 is 1.04 bits per heavy atom. The molecule has 2 rings (SSSR count). The Morgan fingerprint density at radius 3 is 2.15 bits per heavy atom. The van der Waals surface area contributed by atoms with Gasteiger partial charge in [0.15, 0.2) is 0 Å². The van der Waals surface area contributed by atoms with Crippen molar-refractivity contribution in [1.29, 1.82) is 0 Å². The number of anilines is 1. The average molecular weight is 432 g/mol. The first-order valence-electron chi connectivity index (χ1n) is 7.59. The zero-order valence-corrected chi connectivity index (χ0v) is 15.9. The van der Waals surface area contributed by atoms with Gasteiger partial charge in [-0.1, -0.05) is 0 Å². The van der Waals surface area contributed by atoms with E-state index >= 15 is 0 Å². The molecule has 0 aliphatic heterocycles. The van der Waals surface area contributed by atoms with E-state index in [4.69, 9.17) is 9.47 Å². The van der Waals surface area contributed by atoms with Crippen LogP contribution in [0.3, 0.4) is 0 Å². The van der Waals surface area contributed by atoms with Crippen molar-refractivity contribution in [2.24, 2.45) is 0 Å². The highest BCUT2D eigenvalue weighted by molar-refractivity contribution is 9.10. The number of hydrogen-bond donors (Lipinski definition) is 1. The molecule has 140 valence electrons. The third kappa shape index (κ3) is 5.94. The van der Waals surface area contributed by atoms with Gasteiger partial charge in [0, 0.05) is 5.69 Å². The van der Waals surface area contributed by atoms with Crippen molar-refractivity contribution < 1.29 is 27.4 Å². The van der Waals surface area contributed by atoms with E-state index in [0.29, 0.717) is 15.9 Å². The van der Waals surface area contributed by atoms with Crippen LogP contribution in [0, 0.1) is 0 Å². The highest BCUT2D eigenvalue weighted by atomic mass is 79.9. The normalized spacial score (nSPS) is 11.8. The second kappa shape index (κ2) is 7.57.